The predicted molar refractivity (Wildman–Crippen MR) is 45.8 cm³/mol. The third-order valence-electron chi connectivity index (χ3n) is 1.30. The van der Waals surface area contributed by atoms with E-state index < -0.39 is 6.43 Å². The van der Waals surface area contributed by atoms with Crippen LogP contribution in [-0.4, -0.2) is 24.4 Å². The first-order chi connectivity index (χ1) is 5.59. The first kappa shape index (κ1) is 9.18. The van der Waals surface area contributed by atoms with Crippen LogP contribution in [0, 0.1) is 0 Å². The Kier molecular flexibility index (Phi) is 2.80. The summed E-state index contributed by atoms with van der Waals surface area (Å²) in [5, 5.41) is 0.660. The molecule has 3 nitrogen and oxygen atoms in total. The number of hydrogen-bond acceptors (Lipinski definition) is 4. The lowest BCUT2D eigenvalue weighted by Crippen LogP contribution is -2.22. The third kappa shape index (κ3) is 2.30. The maximum absolute atomic E-state index is 11.9. The molecule has 1 aromatic heterocycles. The van der Waals surface area contributed by atoms with Crippen LogP contribution in [0.3, 0.4) is 0 Å². The highest BCUT2D eigenvalue weighted by atomic mass is 32.1. The summed E-state index contributed by atoms with van der Waals surface area (Å²) in [6, 6.07) is 1.58. The molecule has 0 atom stereocenters. The zero-order valence-electron chi connectivity index (χ0n) is 6.50. The Morgan fingerprint density at radius 3 is 2.83 bits per heavy atom. The Hall–Kier alpha value is -0.910. The summed E-state index contributed by atoms with van der Waals surface area (Å²) in [7, 11) is 1.58. The fourth-order valence-electron chi connectivity index (χ4n) is 0.756. The van der Waals surface area contributed by atoms with Crippen LogP contribution in [0.2, 0.25) is 0 Å². The van der Waals surface area contributed by atoms with Crippen LogP contribution < -0.4 is 10.6 Å². The van der Waals surface area contributed by atoms with Crippen LogP contribution in [-0.2, 0) is 0 Å². The minimum atomic E-state index is -2.33. The van der Waals surface area contributed by atoms with Crippen molar-refractivity contribution in [3.63, 3.8) is 0 Å². The Bertz CT molecular complexity index is 251. The van der Waals surface area contributed by atoms with Gasteiger partial charge in [-0.25, -0.2) is 8.78 Å². The number of nitrogens with zero attached hydrogens (tertiary/aromatic N) is 2. The van der Waals surface area contributed by atoms with Crippen molar-refractivity contribution in [3.05, 3.63) is 6.07 Å². The molecule has 0 amide bonds. The summed E-state index contributed by atoms with van der Waals surface area (Å²) >= 11 is 1.12. The van der Waals surface area contributed by atoms with Gasteiger partial charge in [-0.1, -0.05) is 0 Å². The average Bonchev–Trinajstić information content (AvgIpc) is 2.34. The van der Waals surface area contributed by atoms with E-state index in [2.05, 4.69) is 4.37 Å². The molecular weight excluding hydrogens is 184 g/mol. The predicted octanol–water partition coefficient (Wildman–Crippen LogP) is 1.43. The summed E-state index contributed by atoms with van der Waals surface area (Å²) in [6.45, 7) is -0.290. The van der Waals surface area contributed by atoms with E-state index in [-0.39, 0.29) is 6.54 Å². The minimum absolute atomic E-state index is 0.290. The number of halogens is 2. The molecule has 0 spiro atoms. The normalized spacial score (nSPS) is 10.7. The summed E-state index contributed by atoms with van der Waals surface area (Å²) in [5.74, 6) is 0.371. The second kappa shape index (κ2) is 3.66. The molecule has 0 aliphatic carbocycles. The van der Waals surface area contributed by atoms with Crippen molar-refractivity contribution in [1.82, 2.24) is 4.37 Å². The Balaban J connectivity index is 2.58. The first-order valence-corrected chi connectivity index (χ1v) is 4.08. The molecule has 12 heavy (non-hydrogen) atoms. The van der Waals surface area contributed by atoms with Gasteiger partial charge in [0, 0.05) is 13.1 Å². The molecule has 0 aliphatic rings. The second-order valence-corrected chi connectivity index (χ2v) is 3.15. The summed E-state index contributed by atoms with van der Waals surface area (Å²) in [4.78, 5) is 1.43. The van der Waals surface area contributed by atoms with E-state index >= 15 is 0 Å². The third-order valence-corrected chi connectivity index (χ3v) is 2.22. The zero-order chi connectivity index (χ0) is 9.14. The zero-order valence-corrected chi connectivity index (χ0v) is 7.31. The quantitative estimate of drug-likeness (QED) is 0.789. The highest BCUT2D eigenvalue weighted by Gasteiger charge is 2.10. The van der Waals surface area contributed by atoms with E-state index in [0.717, 1.165) is 11.5 Å². The lowest BCUT2D eigenvalue weighted by Gasteiger charge is -2.14. The molecule has 0 aliphatic heterocycles. The summed E-state index contributed by atoms with van der Waals surface area (Å²) in [5.41, 5.74) is 5.33. The largest absolute Gasteiger partial charge is 0.383 e. The van der Waals surface area contributed by atoms with E-state index in [9.17, 15) is 8.78 Å². The smallest absolute Gasteiger partial charge is 0.255 e. The topological polar surface area (TPSA) is 42.1 Å². The standard InChI is InChI=1S/C6H9F2N3S/c1-11(3-4(7)8)6-2-5(9)10-12-6/h2,4H,3H2,1H3,(H2,9,10). The van der Waals surface area contributed by atoms with Crippen LogP contribution in [0.25, 0.3) is 0 Å². The van der Waals surface area contributed by atoms with E-state index in [1.807, 2.05) is 0 Å². The van der Waals surface area contributed by atoms with E-state index in [1.54, 1.807) is 13.1 Å². The van der Waals surface area contributed by atoms with Crippen molar-refractivity contribution < 1.29 is 8.78 Å². The molecule has 1 aromatic rings. The lowest BCUT2D eigenvalue weighted by molar-refractivity contribution is 0.156. The van der Waals surface area contributed by atoms with Gasteiger partial charge < -0.3 is 10.6 Å². The summed E-state index contributed by atoms with van der Waals surface area (Å²) < 4.78 is 27.6. The molecule has 0 unspecified atom stereocenters. The highest BCUT2D eigenvalue weighted by Crippen LogP contribution is 2.21. The molecule has 0 radical (unpaired) electrons. The van der Waals surface area contributed by atoms with Crippen molar-refractivity contribution in [2.24, 2.45) is 0 Å². The van der Waals surface area contributed by atoms with Crippen LogP contribution in [0.4, 0.5) is 19.6 Å². The van der Waals surface area contributed by atoms with Crippen molar-refractivity contribution in [2.75, 3.05) is 24.2 Å². The number of nitrogens with two attached hydrogens (primary N) is 1. The highest BCUT2D eigenvalue weighted by molar-refractivity contribution is 7.10. The Morgan fingerprint density at radius 1 is 1.75 bits per heavy atom. The molecule has 0 aromatic carbocycles. The number of hydrogen-bond donors (Lipinski definition) is 1. The van der Waals surface area contributed by atoms with Gasteiger partial charge in [0.1, 0.15) is 10.8 Å². The van der Waals surface area contributed by atoms with Gasteiger partial charge in [0.15, 0.2) is 0 Å². The van der Waals surface area contributed by atoms with Gasteiger partial charge in [-0.15, -0.1) is 0 Å². The van der Waals surface area contributed by atoms with Gasteiger partial charge in [0.25, 0.3) is 6.43 Å². The van der Waals surface area contributed by atoms with Gasteiger partial charge in [-0.05, 0) is 11.5 Å². The molecule has 6 heteroatoms. The van der Waals surface area contributed by atoms with Crippen LogP contribution in [0.1, 0.15) is 0 Å². The van der Waals surface area contributed by atoms with Crippen molar-refractivity contribution in [1.29, 1.82) is 0 Å². The molecule has 0 saturated heterocycles. The Morgan fingerprint density at radius 2 is 2.42 bits per heavy atom. The molecule has 0 bridgehead atoms. The fourth-order valence-corrected chi connectivity index (χ4v) is 1.39. The molecular formula is C6H9F2N3S. The maximum atomic E-state index is 11.9. The number of alkyl halides is 2. The molecule has 68 valence electrons. The molecule has 1 heterocycles. The van der Waals surface area contributed by atoms with Gasteiger partial charge in [-0.3, -0.25) is 0 Å². The van der Waals surface area contributed by atoms with Crippen LogP contribution in [0.15, 0.2) is 6.07 Å². The molecule has 0 saturated carbocycles. The van der Waals surface area contributed by atoms with Gasteiger partial charge in [-0.2, -0.15) is 4.37 Å². The number of nitrogen functional groups attached to an aromatic ring is 1. The lowest BCUT2D eigenvalue weighted by atomic mass is 10.5. The van der Waals surface area contributed by atoms with Gasteiger partial charge in [0.2, 0.25) is 0 Å². The number of rotatable bonds is 3. The van der Waals surface area contributed by atoms with Crippen LogP contribution in [0.5, 0.6) is 0 Å². The first-order valence-electron chi connectivity index (χ1n) is 3.31. The van der Waals surface area contributed by atoms with Gasteiger partial charge in [0.05, 0.1) is 6.54 Å². The van der Waals surface area contributed by atoms with Gasteiger partial charge >= 0.3 is 0 Å². The number of anilines is 2. The monoisotopic (exact) mass is 193 g/mol. The average molecular weight is 193 g/mol. The summed E-state index contributed by atoms with van der Waals surface area (Å²) in [6.07, 6.45) is -2.33. The molecule has 0 fully saturated rings. The van der Waals surface area contributed by atoms with Crippen molar-refractivity contribution >= 4 is 22.4 Å². The number of aromatic nitrogens is 1. The SMILES string of the molecule is CN(CC(F)F)c1cc(N)ns1. The molecule has 1 rings (SSSR count). The van der Waals surface area contributed by atoms with Crippen molar-refractivity contribution in [2.45, 2.75) is 6.43 Å². The fraction of sp³-hybridized carbons (Fsp3) is 0.500. The Labute approximate surface area is 73.0 Å². The van der Waals surface area contributed by atoms with Crippen molar-refractivity contribution in [3.8, 4) is 0 Å². The van der Waals surface area contributed by atoms with E-state index in [4.69, 9.17) is 5.73 Å². The van der Waals surface area contributed by atoms with E-state index in [0.29, 0.717) is 10.8 Å². The van der Waals surface area contributed by atoms with E-state index in [1.165, 1.54) is 4.90 Å². The minimum Gasteiger partial charge on any atom is -0.383 e. The van der Waals surface area contributed by atoms with Crippen LogP contribution >= 0.6 is 11.5 Å². The molecule has 2 N–H and O–H groups in total. The second-order valence-electron chi connectivity index (χ2n) is 2.36. The maximum Gasteiger partial charge on any atom is 0.255 e.